The van der Waals surface area contributed by atoms with Crippen LogP contribution in [-0.2, 0) is 11.3 Å². The predicted molar refractivity (Wildman–Crippen MR) is 131 cm³/mol. The molecule has 4 rings (SSSR count). The minimum Gasteiger partial charge on any atom is -0.385 e. The van der Waals surface area contributed by atoms with E-state index in [1.807, 2.05) is 17.0 Å². The van der Waals surface area contributed by atoms with Gasteiger partial charge in [0.15, 0.2) is 0 Å². The summed E-state index contributed by atoms with van der Waals surface area (Å²) < 4.78 is 11.1. The molecule has 7 heteroatoms. The first-order valence-electron chi connectivity index (χ1n) is 11.4. The molecule has 33 heavy (non-hydrogen) atoms. The number of anilines is 1. The van der Waals surface area contributed by atoms with Gasteiger partial charge in [0.2, 0.25) is 5.88 Å². The van der Waals surface area contributed by atoms with Crippen LogP contribution in [0.2, 0.25) is 5.02 Å². The van der Waals surface area contributed by atoms with Crippen molar-refractivity contribution in [3.8, 4) is 11.3 Å². The van der Waals surface area contributed by atoms with Gasteiger partial charge in [0.1, 0.15) is 5.69 Å². The first-order valence-corrected chi connectivity index (χ1v) is 11.8. The van der Waals surface area contributed by atoms with Crippen LogP contribution in [0.1, 0.15) is 40.7 Å². The second-order valence-electron chi connectivity index (χ2n) is 8.46. The predicted octanol–water partition coefficient (Wildman–Crippen LogP) is 5.58. The Kier molecular flexibility index (Phi) is 7.68. The summed E-state index contributed by atoms with van der Waals surface area (Å²) in [6.45, 7) is 5.48. The van der Waals surface area contributed by atoms with E-state index in [2.05, 4.69) is 29.1 Å². The Morgan fingerprint density at radius 3 is 2.64 bits per heavy atom. The van der Waals surface area contributed by atoms with E-state index in [1.165, 1.54) is 0 Å². The molecule has 0 radical (unpaired) electrons. The third-order valence-electron chi connectivity index (χ3n) is 5.96. The summed E-state index contributed by atoms with van der Waals surface area (Å²) in [4.78, 5) is 17.6. The molecule has 0 atom stereocenters. The monoisotopic (exact) mass is 467 g/mol. The summed E-state index contributed by atoms with van der Waals surface area (Å²) in [6.07, 6.45) is 2.99. The van der Waals surface area contributed by atoms with Gasteiger partial charge in [-0.2, -0.15) is 0 Å². The van der Waals surface area contributed by atoms with Crippen LogP contribution in [0.15, 0.2) is 53.1 Å². The van der Waals surface area contributed by atoms with Gasteiger partial charge in [-0.25, -0.2) is 0 Å². The molecule has 0 N–H and O–H groups in total. The quantitative estimate of drug-likeness (QED) is 0.384. The van der Waals surface area contributed by atoms with E-state index in [-0.39, 0.29) is 5.91 Å². The number of aryl methyl sites for hydroxylation is 1. The number of aromatic nitrogens is 1. The first-order chi connectivity index (χ1) is 16.1. The third-order valence-corrected chi connectivity index (χ3v) is 6.21. The third kappa shape index (κ3) is 5.57. The van der Waals surface area contributed by atoms with Crippen LogP contribution in [0.5, 0.6) is 0 Å². The smallest absolute Gasteiger partial charge is 0.254 e. The number of carbonyl (C=O) groups excluding carboxylic acids is 1. The lowest BCUT2D eigenvalue weighted by Crippen LogP contribution is -2.33. The molecule has 174 valence electrons. The van der Waals surface area contributed by atoms with Crippen LogP contribution >= 0.6 is 11.6 Å². The van der Waals surface area contributed by atoms with Crippen LogP contribution in [0.25, 0.3) is 11.3 Å². The van der Waals surface area contributed by atoms with Gasteiger partial charge in [0.25, 0.3) is 5.91 Å². The number of halogens is 1. The maximum absolute atomic E-state index is 13.5. The Morgan fingerprint density at radius 1 is 1.18 bits per heavy atom. The summed E-state index contributed by atoms with van der Waals surface area (Å²) in [7, 11) is 1.67. The molecule has 2 aromatic carbocycles. The summed E-state index contributed by atoms with van der Waals surface area (Å²) in [5.41, 5.74) is 4.49. The van der Waals surface area contributed by atoms with Crippen molar-refractivity contribution >= 4 is 23.4 Å². The van der Waals surface area contributed by atoms with Crippen LogP contribution in [-0.4, -0.2) is 49.3 Å². The molecule has 2 heterocycles. The summed E-state index contributed by atoms with van der Waals surface area (Å²) in [5, 5.41) is 5.07. The van der Waals surface area contributed by atoms with Crippen LogP contribution < -0.4 is 4.90 Å². The molecular weight excluding hydrogens is 438 g/mol. The topological polar surface area (TPSA) is 58.8 Å². The Bertz CT molecular complexity index is 1070. The SMILES string of the molecule is COCCCN(Cc1c(-c2cccc(C)c2)noc1N1CCCC1)C(=O)c1ccc(Cl)cc1. The molecule has 1 amide bonds. The van der Waals surface area contributed by atoms with E-state index < -0.39 is 0 Å². The van der Waals surface area contributed by atoms with E-state index in [0.717, 1.165) is 60.6 Å². The normalized spacial score (nSPS) is 13.5. The molecule has 0 bridgehead atoms. The summed E-state index contributed by atoms with van der Waals surface area (Å²) >= 11 is 6.04. The zero-order chi connectivity index (χ0) is 23.2. The molecule has 0 aliphatic carbocycles. The Hall–Kier alpha value is -2.83. The molecule has 3 aromatic rings. The summed E-state index contributed by atoms with van der Waals surface area (Å²) in [6, 6.07) is 15.3. The second kappa shape index (κ2) is 10.9. The lowest BCUT2D eigenvalue weighted by atomic mass is 10.0. The van der Waals surface area contributed by atoms with Gasteiger partial charge in [0.05, 0.1) is 12.1 Å². The minimum absolute atomic E-state index is 0.0495. The van der Waals surface area contributed by atoms with Crippen molar-refractivity contribution in [2.24, 2.45) is 0 Å². The van der Waals surface area contributed by atoms with E-state index in [4.69, 9.17) is 20.9 Å². The highest BCUT2D eigenvalue weighted by Crippen LogP contribution is 2.34. The highest BCUT2D eigenvalue weighted by atomic mass is 35.5. The van der Waals surface area contributed by atoms with E-state index in [9.17, 15) is 4.79 Å². The van der Waals surface area contributed by atoms with Gasteiger partial charge in [-0.05, 0) is 56.5 Å². The lowest BCUT2D eigenvalue weighted by Gasteiger charge is -2.24. The largest absolute Gasteiger partial charge is 0.385 e. The van der Waals surface area contributed by atoms with Gasteiger partial charge in [-0.3, -0.25) is 4.79 Å². The number of ether oxygens (including phenoxy) is 1. The molecule has 1 aliphatic rings. The van der Waals surface area contributed by atoms with E-state index >= 15 is 0 Å². The van der Waals surface area contributed by atoms with Gasteiger partial charge >= 0.3 is 0 Å². The van der Waals surface area contributed by atoms with Gasteiger partial charge < -0.3 is 19.1 Å². The number of methoxy groups -OCH3 is 1. The zero-order valence-corrected chi connectivity index (χ0v) is 20.0. The lowest BCUT2D eigenvalue weighted by molar-refractivity contribution is 0.0724. The van der Waals surface area contributed by atoms with Crippen molar-refractivity contribution in [2.45, 2.75) is 32.7 Å². The van der Waals surface area contributed by atoms with Gasteiger partial charge in [0, 0.05) is 49.5 Å². The van der Waals surface area contributed by atoms with E-state index in [0.29, 0.717) is 30.3 Å². The number of hydrogen-bond acceptors (Lipinski definition) is 5. The number of carbonyl (C=O) groups is 1. The number of benzene rings is 2. The Balaban J connectivity index is 1.70. The van der Waals surface area contributed by atoms with Gasteiger partial charge in [-0.1, -0.05) is 40.5 Å². The Labute approximate surface area is 200 Å². The molecular formula is C26H30ClN3O3. The van der Waals surface area contributed by atoms with Crippen LogP contribution in [0.3, 0.4) is 0 Å². The van der Waals surface area contributed by atoms with Crippen molar-refractivity contribution in [2.75, 3.05) is 38.3 Å². The van der Waals surface area contributed by atoms with Gasteiger partial charge in [-0.15, -0.1) is 0 Å². The molecule has 0 unspecified atom stereocenters. The highest BCUT2D eigenvalue weighted by molar-refractivity contribution is 6.30. The maximum atomic E-state index is 13.5. The molecule has 1 aliphatic heterocycles. The average Bonchev–Trinajstić information content (AvgIpc) is 3.48. The molecule has 1 aromatic heterocycles. The molecule has 1 fully saturated rings. The fourth-order valence-electron chi connectivity index (χ4n) is 4.25. The fraction of sp³-hybridized carbons (Fsp3) is 0.385. The number of hydrogen-bond donors (Lipinski definition) is 0. The van der Waals surface area contributed by atoms with Crippen molar-refractivity contribution in [3.63, 3.8) is 0 Å². The highest BCUT2D eigenvalue weighted by Gasteiger charge is 2.28. The molecule has 0 spiro atoms. The standard InChI is InChI=1S/C26H30ClN3O3/c1-19-7-5-8-21(17-19)24-23(26(33-28-24)29-13-3-4-14-29)18-30(15-6-16-32-2)25(31)20-9-11-22(27)12-10-20/h5,7-12,17H,3-4,6,13-16,18H2,1-2H3. The number of rotatable bonds is 9. The fourth-order valence-corrected chi connectivity index (χ4v) is 4.38. The van der Waals surface area contributed by atoms with Crippen LogP contribution in [0, 0.1) is 6.92 Å². The number of amides is 1. The molecule has 0 saturated carbocycles. The molecule has 1 saturated heterocycles. The zero-order valence-electron chi connectivity index (χ0n) is 19.2. The van der Waals surface area contributed by atoms with Crippen molar-refractivity contribution in [3.05, 3.63) is 70.2 Å². The maximum Gasteiger partial charge on any atom is 0.254 e. The summed E-state index contributed by atoms with van der Waals surface area (Å²) in [5.74, 6) is 0.719. The molecule has 6 nitrogen and oxygen atoms in total. The number of nitrogens with zero attached hydrogens (tertiary/aromatic N) is 3. The van der Waals surface area contributed by atoms with E-state index in [1.54, 1.807) is 31.4 Å². The first kappa shape index (κ1) is 23.3. The van der Waals surface area contributed by atoms with Crippen molar-refractivity contribution < 1.29 is 14.1 Å². The van der Waals surface area contributed by atoms with Crippen LogP contribution in [0.4, 0.5) is 5.88 Å². The van der Waals surface area contributed by atoms with Crippen molar-refractivity contribution in [1.82, 2.24) is 10.1 Å². The average molecular weight is 468 g/mol. The minimum atomic E-state index is -0.0495. The second-order valence-corrected chi connectivity index (χ2v) is 8.89. The Morgan fingerprint density at radius 2 is 1.94 bits per heavy atom. The van der Waals surface area contributed by atoms with Crippen molar-refractivity contribution in [1.29, 1.82) is 0 Å².